The van der Waals surface area contributed by atoms with E-state index in [1.807, 2.05) is 0 Å². The Hall–Kier alpha value is -2.81. The molecule has 1 aromatic carbocycles. The van der Waals surface area contributed by atoms with Crippen LogP contribution in [0.1, 0.15) is 38.5 Å². The van der Waals surface area contributed by atoms with Crippen LogP contribution in [0.15, 0.2) is 34.9 Å². The molecule has 2 heterocycles. The van der Waals surface area contributed by atoms with Gasteiger partial charge in [-0.2, -0.15) is 0 Å². The average molecular weight is 377 g/mol. The number of nitrogens with one attached hydrogen (secondary N) is 2. The van der Waals surface area contributed by atoms with Gasteiger partial charge in [0.05, 0.1) is 23.8 Å². The Bertz CT molecular complexity index is 965. The van der Waals surface area contributed by atoms with Gasteiger partial charge in [0.1, 0.15) is 5.76 Å². The molecule has 1 aromatic heterocycles. The van der Waals surface area contributed by atoms with Gasteiger partial charge in [-0.25, -0.2) is 8.42 Å². The fourth-order valence-electron chi connectivity index (χ4n) is 2.92. The molecule has 0 fully saturated rings. The number of amides is 2. The van der Waals surface area contributed by atoms with Crippen LogP contribution in [0, 0.1) is 6.92 Å². The Kier molecular flexibility index (Phi) is 4.73. The van der Waals surface area contributed by atoms with Crippen LogP contribution < -0.4 is 15.2 Å². The van der Waals surface area contributed by atoms with Crippen LogP contribution in [-0.2, 0) is 16.4 Å². The van der Waals surface area contributed by atoms with Crippen molar-refractivity contribution >= 4 is 27.5 Å². The van der Waals surface area contributed by atoms with Crippen molar-refractivity contribution in [1.82, 2.24) is 10.9 Å². The highest BCUT2D eigenvalue weighted by Crippen LogP contribution is 2.29. The fraction of sp³-hybridized carbons (Fsp3) is 0.294. The van der Waals surface area contributed by atoms with E-state index in [1.54, 1.807) is 19.1 Å². The minimum Gasteiger partial charge on any atom is -0.469 e. The van der Waals surface area contributed by atoms with E-state index in [4.69, 9.17) is 4.42 Å². The highest BCUT2D eigenvalue weighted by molar-refractivity contribution is 7.92. The molecule has 2 amide bonds. The zero-order chi connectivity index (χ0) is 18.9. The van der Waals surface area contributed by atoms with Gasteiger partial charge in [-0.1, -0.05) is 0 Å². The first-order valence-electron chi connectivity index (χ1n) is 8.03. The van der Waals surface area contributed by atoms with E-state index in [0.717, 1.165) is 11.8 Å². The second kappa shape index (κ2) is 6.83. The zero-order valence-electron chi connectivity index (χ0n) is 14.4. The van der Waals surface area contributed by atoms with E-state index in [9.17, 15) is 18.0 Å². The van der Waals surface area contributed by atoms with E-state index in [2.05, 4.69) is 10.9 Å². The summed E-state index contributed by atoms with van der Waals surface area (Å²) < 4.78 is 30.1. The number of sulfonamides is 1. The second-order valence-corrected chi connectivity index (χ2v) is 7.99. The van der Waals surface area contributed by atoms with Crippen molar-refractivity contribution in [2.24, 2.45) is 0 Å². The van der Waals surface area contributed by atoms with E-state index in [1.165, 1.54) is 22.7 Å². The molecule has 2 N–H and O–H groups in total. The molecule has 0 atom stereocenters. The molecule has 1 aliphatic rings. The number of hydrogen-bond acceptors (Lipinski definition) is 5. The number of fused-ring (bicyclic) bond motifs is 1. The molecule has 0 aliphatic carbocycles. The van der Waals surface area contributed by atoms with Crippen LogP contribution in [0.4, 0.5) is 5.69 Å². The van der Waals surface area contributed by atoms with E-state index in [0.29, 0.717) is 42.0 Å². The Morgan fingerprint density at radius 2 is 1.88 bits per heavy atom. The highest BCUT2D eigenvalue weighted by Gasteiger charge is 2.24. The normalized spacial score (nSPS) is 13.8. The summed E-state index contributed by atoms with van der Waals surface area (Å²) in [5.74, 6) is -0.518. The number of carbonyl (C=O) groups is 2. The lowest BCUT2D eigenvalue weighted by Gasteiger charge is -2.29. The smallest absolute Gasteiger partial charge is 0.273 e. The molecule has 0 spiro atoms. The third-order valence-corrected chi connectivity index (χ3v) is 5.39. The lowest BCUT2D eigenvalue weighted by atomic mass is 10.0. The van der Waals surface area contributed by atoms with E-state index >= 15 is 0 Å². The first kappa shape index (κ1) is 18.0. The predicted octanol–water partition coefficient (Wildman–Crippen LogP) is 1.38. The van der Waals surface area contributed by atoms with Crippen molar-refractivity contribution in [2.45, 2.75) is 19.8 Å². The summed E-state index contributed by atoms with van der Waals surface area (Å²) >= 11 is 0. The number of benzene rings is 1. The summed E-state index contributed by atoms with van der Waals surface area (Å²) in [5, 5.41) is 0. The maximum atomic E-state index is 12.3. The van der Waals surface area contributed by atoms with Gasteiger partial charge in [0.25, 0.3) is 11.8 Å². The van der Waals surface area contributed by atoms with Crippen LogP contribution in [-0.4, -0.2) is 33.0 Å². The van der Waals surface area contributed by atoms with Crippen molar-refractivity contribution in [3.8, 4) is 0 Å². The second-order valence-electron chi connectivity index (χ2n) is 6.08. The predicted molar refractivity (Wildman–Crippen MR) is 95.3 cm³/mol. The van der Waals surface area contributed by atoms with E-state index in [-0.39, 0.29) is 0 Å². The van der Waals surface area contributed by atoms with Crippen molar-refractivity contribution in [1.29, 1.82) is 0 Å². The number of rotatable bonds is 3. The number of anilines is 1. The van der Waals surface area contributed by atoms with Crippen LogP contribution in [0.2, 0.25) is 0 Å². The molecule has 3 rings (SSSR count). The summed E-state index contributed by atoms with van der Waals surface area (Å²) in [7, 11) is -3.36. The fourth-order valence-corrected chi connectivity index (χ4v) is 3.92. The first-order chi connectivity index (χ1) is 12.3. The van der Waals surface area contributed by atoms with Gasteiger partial charge >= 0.3 is 0 Å². The Balaban J connectivity index is 1.73. The van der Waals surface area contributed by atoms with Gasteiger partial charge < -0.3 is 4.42 Å². The molecular formula is C17H19N3O5S. The summed E-state index contributed by atoms with van der Waals surface area (Å²) in [6.07, 6.45) is 3.92. The number of aryl methyl sites for hydroxylation is 2. The molecule has 0 saturated heterocycles. The van der Waals surface area contributed by atoms with Gasteiger partial charge in [0.2, 0.25) is 10.0 Å². The number of nitrogens with zero attached hydrogens (tertiary/aromatic N) is 1. The molecule has 0 bridgehead atoms. The maximum Gasteiger partial charge on any atom is 0.273 e. The Morgan fingerprint density at radius 1 is 1.15 bits per heavy atom. The number of furan rings is 1. The van der Waals surface area contributed by atoms with Crippen LogP contribution >= 0.6 is 0 Å². The number of hydrazine groups is 1. The molecule has 0 unspecified atom stereocenters. The largest absolute Gasteiger partial charge is 0.469 e. The maximum absolute atomic E-state index is 12.3. The summed E-state index contributed by atoms with van der Waals surface area (Å²) in [4.78, 5) is 24.3. The van der Waals surface area contributed by atoms with Gasteiger partial charge in [0, 0.05) is 12.1 Å². The van der Waals surface area contributed by atoms with Crippen LogP contribution in [0.5, 0.6) is 0 Å². The molecule has 8 nitrogen and oxygen atoms in total. The first-order valence-corrected chi connectivity index (χ1v) is 9.87. The van der Waals surface area contributed by atoms with Gasteiger partial charge in [-0.15, -0.1) is 0 Å². The standard InChI is InChI=1S/C17H19N3O5S/c1-11-14(7-9-25-11)17(22)19-18-16(21)13-5-6-15-12(10-13)4-3-8-20(15)26(2,23)24/h5-7,9-10H,3-4,8H2,1-2H3,(H,18,21)(H,19,22). The van der Waals surface area contributed by atoms with Gasteiger partial charge in [-0.05, 0) is 49.6 Å². The Labute approximate surface area is 151 Å². The number of hydrogen-bond donors (Lipinski definition) is 2. The van der Waals surface area contributed by atoms with Crippen LogP contribution in [0.25, 0.3) is 0 Å². The summed E-state index contributed by atoms with van der Waals surface area (Å²) in [5.41, 5.74) is 6.73. The van der Waals surface area contributed by atoms with E-state index < -0.39 is 21.8 Å². The van der Waals surface area contributed by atoms with Crippen molar-refractivity contribution in [3.63, 3.8) is 0 Å². The monoisotopic (exact) mass is 377 g/mol. The SMILES string of the molecule is Cc1occc1C(=O)NNC(=O)c1ccc2c(c1)CCCN2S(C)(=O)=O. The van der Waals surface area contributed by atoms with Gasteiger partial charge in [0.15, 0.2) is 0 Å². The van der Waals surface area contributed by atoms with Crippen molar-refractivity contribution in [2.75, 3.05) is 17.1 Å². The quantitative estimate of drug-likeness (QED) is 0.786. The average Bonchev–Trinajstić information content (AvgIpc) is 3.03. The Morgan fingerprint density at radius 3 is 2.54 bits per heavy atom. The lowest BCUT2D eigenvalue weighted by molar-refractivity contribution is 0.0845. The molecule has 26 heavy (non-hydrogen) atoms. The zero-order valence-corrected chi connectivity index (χ0v) is 15.2. The van der Waals surface area contributed by atoms with Crippen molar-refractivity contribution < 1.29 is 22.4 Å². The van der Waals surface area contributed by atoms with Gasteiger partial charge in [-0.3, -0.25) is 24.7 Å². The third kappa shape index (κ3) is 3.57. The molecule has 138 valence electrons. The highest BCUT2D eigenvalue weighted by atomic mass is 32.2. The molecule has 0 saturated carbocycles. The molecule has 1 aliphatic heterocycles. The molecular weight excluding hydrogens is 358 g/mol. The molecule has 9 heteroatoms. The summed E-state index contributed by atoms with van der Waals surface area (Å²) in [6, 6.07) is 6.31. The minimum atomic E-state index is -3.36. The lowest BCUT2D eigenvalue weighted by Crippen LogP contribution is -2.42. The molecule has 0 radical (unpaired) electrons. The van der Waals surface area contributed by atoms with Crippen LogP contribution in [0.3, 0.4) is 0 Å². The third-order valence-electron chi connectivity index (χ3n) is 4.21. The minimum absolute atomic E-state index is 0.333. The molecule has 2 aromatic rings. The topological polar surface area (TPSA) is 109 Å². The summed E-state index contributed by atoms with van der Waals surface area (Å²) in [6.45, 7) is 2.07. The van der Waals surface area contributed by atoms with Crippen molar-refractivity contribution in [3.05, 3.63) is 53.0 Å². The number of carbonyl (C=O) groups excluding carboxylic acids is 2.